The summed E-state index contributed by atoms with van der Waals surface area (Å²) < 4.78 is 28.2. The molecular formula is C25H25ClN2O2S. The Kier molecular flexibility index (Phi) is 7.86. The first-order valence-corrected chi connectivity index (χ1v) is 12.2. The lowest BCUT2D eigenvalue weighted by molar-refractivity contribution is 0.539. The fourth-order valence-corrected chi connectivity index (χ4v) is 4.81. The van der Waals surface area contributed by atoms with Crippen molar-refractivity contribution in [2.75, 3.05) is 12.3 Å². The van der Waals surface area contributed by atoms with Gasteiger partial charge in [-0.3, -0.25) is 0 Å². The number of nitrogens with zero attached hydrogens (tertiary/aromatic N) is 1. The molecule has 0 heterocycles. The number of benzene rings is 3. The summed E-state index contributed by atoms with van der Waals surface area (Å²) in [5.41, 5.74) is 3.52. The van der Waals surface area contributed by atoms with E-state index in [4.69, 9.17) is 11.6 Å². The van der Waals surface area contributed by atoms with Crippen molar-refractivity contribution in [3.05, 3.63) is 106 Å². The molecule has 6 heteroatoms. The second kappa shape index (κ2) is 10.6. The van der Waals surface area contributed by atoms with Crippen LogP contribution in [0.3, 0.4) is 0 Å². The molecule has 1 N–H and O–H groups in total. The molecule has 3 rings (SSSR count). The summed E-state index contributed by atoms with van der Waals surface area (Å²) in [6, 6.07) is 26.7. The Labute approximate surface area is 189 Å². The van der Waals surface area contributed by atoms with Gasteiger partial charge in [-0.05, 0) is 53.3 Å². The SMILES string of the molecule is CC(c1ccc(Cl)cc1)C(CNS(=O)(=O)CCc1ccccc1)c1cccc(C#N)c1. The van der Waals surface area contributed by atoms with E-state index >= 15 is 0 Å². The maximum Gasteiger partial charge on any atom is 0.211 e. The van der Waals surface area contributed by atoms with E-state index < -0.39 is 10.0 Å². The maximum absolute atomic E-state index is 12.7. The van der Waals surface area contributed by atoms with Gasteiger partial charge >= 0.3 is 0 Å². The summed E-state index contributed by atoms with van der Waals surface area (Å²) in [7, 11) is -3.46. The molecule has 0 bridgehead atoms. The molecule has 3 aromatic rings. The van der Waals surface area contributed by atoms with Crippen LogP contribution in [0.5, 0.6) is 0 Å². The van der Waals surface area contributed by atoms with Crippen molar-refractivity contribution in [3.63, 3.8) is 0 Å². The topological polar surface area (TPSA) is 70.0 Å². The van der Waals surface area contributed by atoms with Crippen LogP contribution < -0.4 is 4.72 Å². The van der Waals surface area contributed by atoms with Crippen molar-refractivity contribution in [2.45, 2.75) is 25.2 Å². The molecule has 0 amide bonds. The number of rotatable bonds is 9. The van der Waals surface area contributed by atoms with Gasteiger partial charge in [0.25, 0.3) is 0 Å². The Morgan fingerprint density at radius 3 is 2.35 bits per heavy atom. The fourth-order valence-electron chi connectivity index (χ4n) is 3.61. The predicted molar refractivity (Wildman–Crippen MR) is 126 cm³/mol. The Balaban J connectivity index is 1.79. The molecule has 0 aliphatic rings. The second-order valence-electron chi connectivity index (χ2n) is 7.59. The first-order valence-electron chi connectivity index (χ1n) is 10.1. The number of aryl methyl sites for hydroxylation is 1. The average molecular weight is 453 g/mol. The molecule has 31 heavy (non-hydrogen) atoms. The van der Waals surface area contributed by atoms with E-state index in [9.17, 15) is 13.7 Å². The monoisotopic (exact) mass is 452 g/mol. The number of hydrogen-bond acceptors (Lipinski definition) is 3. The van der Waals surface area contributed by atoms with Gasteiger partial charge in [0.15, 0.2) is 0 Å². The summed E-state index contributed by atoms with van der Waals surface area (Å²) in [4.78, 5) is 0. The largest absolute Gasteiger partial charge is 0.215 e. The standard InChI is InChI=1S/C25H25ClN2O2S/c1-19(22-10-12-24(26)13-11-22)25(23-9-5-8-21(16-23)17-27)18-28-31(29,30)15-14-20-6-3-2-4-7-20/h2-13,16,19,25,28H,14-15,18H2,1H3. The molecule has 2 unspecified atom stereocenters. The van der Waals surface area contributed by atoms with Crippen LogP contribution in [0, 0.1) is 11.3 Å². The Bertz CT molecular complexity index is 1140. The number of nitrogens with one attached hydrogen (secondary N) is 1. The second-order valence-corrected chi connectivity index (χ2v) is 9.95. The van der Waals surface area contributed by atoms with Gasteiger partial charge < -0.3 is 0 Å². The molecule has 0 aromatic heterocycles. The molecule has 0 radical (unpaired) electrons. The van der Waals surface area contributed by atoms with Crippen LogP contribution in [0.2, 0.25) is 5.02 Å². The average Bonchev–Trinajstić information content (AvgIpc) is 2.79. The zero-order valence-corrected chi connectivity index (χ0v) is 18.9. The van der Waals surface area contributed by atoms with Gasteiger partial charge in [-0.15, -0.1) is 0 Å². The zero-order chi connectivity index (χ0) is 22.3. The van der Waals surface area contributed by atoms with E-state index in [0.717, 1.165) is 16.7 Å². The third kappa shape index (κ3) is 6.67. The molecule has 0 spiro atoms. The molecule has 0 fully saturated rings. The van der Waals surface area contributed by atoms with Crippen molar-refractivity contribution in [3.8, 4) is 6.07 Å². The van der Waals surface area contributed by atoms with Crippen LogP contribution in [0.4, 0.5) is 0 Å². The zero-order valence-electron chi connectivity index (χ0n) is 17.3. The molecule has 0 aliphatic carbocycles. The third-order valence-electron chi connectivity index (χ3n) is 5.47. The van der Waals surface area contributed by atoms with Crippen LogP contribution in [0.15, 0.2) is 78.9 Å². The van der Waals surface area contributed by atoms with E-state index in [-0.39, 0.29) is 24.1 Å². The molecule has 2 atom stereocenters. The Hall–Kier alpha value is -2.65. The van der Waals surface area contributed by atoms with Crippen molar-refractivity contribution >= 4 is 21.6 Å². The molecule has 160 valence electrons. The van der Waals surface area contributed by atoms with Crippen LogP contribution in [-0.4, -0.2) is 20.7 Å². The van der Waals surface area contributed by atoms with Crippen LogP contribution in [0.25, 0.3) is 0 Å². The van der Waals surface area contributed by atoms with E-state index in [1.165, 1.54) is 0 Å². The lowest BCUT2D eigenvalue weighted by Gasteiger charge is -2.25. The third-order valence-corrected chi connectivity index (χ3v) is 7.07. The summed E-state index contributed by atoms with van der Waals surface area (Å²) in [6.45, 7) is 2.31. The molecule has 0 aliphatic heterocycles. The minimum Gasteiger partial charge on any atom is -0.215 e. The molecule has 4 nitrogen and oxygen atoms in total. The smallest absolute Gasteiger partial charge is 0.211 e. The van der Waals surface area contributed by atoms with Gasteiger partial charge in [0.05, 0.1) is 17.4 Å². The quantitative estimate of drug-likeness (QED) is 0.481. The lowest BCUT2D eigenvalue weighted by Crippen LogP contribution is -2.32. The van der Waals surface area contributed by atoms with E-state index in [0.29, 0.717) is 17.0 Å². The Morgan fingerprint density at radius 2 is 1.68 bits per heavy atom. The molecule has 0 saturated heterocycles. The highest BCUT2D eigenvalue weighted by Crippen LogP contribution is 2.33. The van der Waals surface area contributed by atoms with Crippen molar-refractivity contribution in [1.82, 2.24) is 4.72 Å². The number of halogens is 1. The van der Waals surface area contributed by atoms with Gasteiger partial charge in [0.1, 0.15) is 0 Å². The number of hydrogen-bond donors (Lipinski definition) is 1. The summed E-state index contributed by atoms with van der Waals surface area (Å²) >= 11 is 6.03. The van der Waals surface area contributed by atoms with Gasteiger partial charge in [0, 0.05) is 17.5 Å². The minimum absolute atomic E-state index is 0.0167. The summed E-state index contributed by atoms with van der Waals surface area (Å²) in [5.74, 6) is -0.0962. The lowest BCUT2D eigenvalue weighted by atomic mass is 9.82. The predicted octanol–water partition coefficient (Wildman–Crippen LogP) is 5.26. The van der Waals surface area contributed by atoms with Crippen LogP contribution in [-0.2, 0) is 16.4 Å². The molecule has 0 saturated carbocycles. The fraction of sp³-hybridized carbons (Fsp3) is 0.240. The molecular weight excluding hydrogens is 428 g/mol. The first-order chi connectivity index (χ1) is 14.9. The first kappa shape index (κ1) is 23.0. The number of sulfonamides is 1. The number of nitriles is 1. The van der Waals surface area contributed by atoms with E-state index in [2.05, 4.69) is 17.7 Å². The van der Waals surface area contributed by atoms with E-state index in [1.54, 1.807) is 6.07 Å². The van der Waals surface area contributed by atoms with Crippen LogP contribution >= 0.6 is 11.6 Å². The van der Waals surface area contributed by atoms with Gasteiger partial charge in [-0.25, -0.2) is 13.1 Å². The van der Waals surface area contributed by atoms with Crippen molar-refractivity contribution < 1.29 is 8.42 Å². The Morgan fingerprint density at radius 1 is 0.968 bits per heavy atom. The van der Waals surface area contributed by atoms with Gasteiger partial charge in [-0.2, -0.15) is 5.26 Å². The van der Waals surface area contributed by atoms with Crippen molar-refractivity contribution in [1.29, 1.82) is 5.26 Å². The van der Waals surface area contributed by atoms with Crippen molar-refractivity contribution in [2.24, 2.45) is 0 Å². The van der Waals surface area contributed by atoms with Crippen LogP contribution in [0.1, 0.15) is 41.0 Å². The highest BCUT2D eigenvalue weighted by Gasteiger charge is 2.23. The minimum atomic E-state index is -3.46. The highest BCUT2D eigenvalue weighted by atomic mass is 35.5. The van der Waals surface area contributed by atoms with E-state index in [1.807, 2.05) is 72.8 Å². The molecule has 3 aromatic carbocycles. The summed E-state index contributed by atoms with van der Waals surface area (Å²) in [5, 5.41) is 9.94. The normalized spacial score (nSPS) is 13.3. The summed E-state index contributed by atoms with van der Waals surface area (Å²) in [6.07, 6.45) is 0.456. The maximum atomic E-state index is 12.7. The van der Waals surface area contributed by atoms with Gasteiger partial charge in [0.2, 0.25) is 10.0 Å². The van der Waals surface area contributed by atoms with Gasteiger partial charge in [-0.1, -0.05) is 73.1 Å². The highest BCUT2D eigenvalue weighted by molar-refractivity contribution is 7.89.